The highest BCUT2D eigenvalue weighted by Gasteiger charge is 2.23. The maximum absolute atomic E-state index is 12.5. The van der Waals surface area contributed by atoms with Gasteiger partial charge in [0.1, 0.15) is 12.6 Å². The largest absolute Gasteiger partial charge is 0.445 e. The molecule has 0 bridgehead atoms. The molecule has 0 radical (unpaired) electrons. The Morgan fingerprint density at radius 1 is 0.900 bits per heavy atom. The van der Waals surface area contributed by atoms with Gasteiger partial charge in [-0.15, -0.1) is 0 Å². The molecule has 1 atom stereocenters. The molecule has 0 saturated carbocycles. The molecule has 2 aromatic rings. The minimum absolute atomic E-state index is 0.0536. The van der Waals surface area contributed by atoms with Crippen LogP contribution in [0.15, 0.2) is 60.7 Å². The van der Waals surface area contributed by atoms with Gasteiger partial charge >= 0.3 is 6.09 Å². The third-order valence-electron chi connectivity index (χ3n) is 4.52. The van der Waals surface area contributed by atoms with Crippen LogP contribution in [0.4, 0.5) is 4.79 Å². The second-order valence-corrected chi connectivity index (χ2v) is 7.63. The second-order valence-electron chi connectivity index (χ2n) is 7.63. The van der Waals surface area contributed by atoms with Crippen LogP contribution in [-0.2, 0) is 27.4 Å². The van der Waals surface area contributed by atoms with Gasteiger partial charge in [0.15, 0.2) is 5.78 Å². The number of ether oxygens (including phenoxy) is 1. The van der Waals surface area contributed by atoms with E-state index in [4.69, 9.17) is 4.74 Å². The number of hydrogen-bond donors (Lipinski definition) is 2. The average Bonchev–Trinajstić information content (AvgIpc) is 2.75. The normalized spacial score (nSPS) is 11.6. The van der Waals surface area contributed by atoms with Crippen molar-refractivity contribution in [3.63, 3.8) is 0 Å². The molecule has 2 amide bonds. The molecule has 0 aliphatic carbocycles. The number of nitrogens with one attached hydrogen (secondary N) is 2. The third-order valence-corrected chi connectivity index (χ3v) is 4.52. The maximum atomic E-state index is 12.5. The monoisotopic (exact) mass is 410 g/mol. The highest BCUT2D eigenvalue weighted by atomic mass is 16.5. The quantitative estimate of drug-likeness (QED) is 0.592. The number of hydrogen-bond acceptors (Lipinski definition) is 4. The van der Waals surface area contributed by atoms with Crippen molar-refractivity contribution in [3.8, 4) is 0 Å². The topological polar surface area (TPSA) is 84.5 Å². The van der Waals surface area contributed by atoms with E-state index in [1.165, 1.54) is 0 Å². The SMILES string of the molecule is CC(C)C[C@H](NC(=O)OCc1ccccc1)C(=O)NCC(=O)CCc1ccccc1. The number of alkyl carbamates (subject to hydrolysis) is 1. The molecular weight excluding hydrogens is 380 g/mol. The van der Waals surface area contributed by atoms with Crippen molar-refractivity contribution >= 4 is 17.8 Å². The Bertz CT molecular complexity index is 806. The molecule has 2 aromatic carbocycles. The lowest BCUT2D eigenvalue weighted by atomic mass is 10.0. The maximum Gasteiger partial charge on any atom is 0.408 e. The molecule has 6 heteroatoms. The predicted octanol–water partition coefficient (Wildman–Crippen LogP) is 3.65. The molecule has 30 heavy (non-hydrogen) atoms. The number of carbonyl (C=O) groups excluding carboxylic acids is 3. The van der Waals surface area contributed by atoms with Crippen molar-refractivity contribution in [3.05, 3.63) is 71.8 Å². The second kappa shape index (κ2) is 12.4. The van der Waals surface area contributed by atoms with E-state index in [1.54, 1.807) is 0 Å². The summed E-state index contributed by atoms with van der Waals surface area (Å²) in [5, 5.41) is 5.26. The average molecular weight is 411 g/mol. The number of rotatable bonds is 11. The number of Topliss-reactive ketones (excluding diaryl/α,β-unsaturated/α-hetero) is 1. The van der Waals surface area contributed by atoms with Gasteiger partial charge in [-0.05, 0) is 29.9 Å². The van der Waals surface area contributed by atoms with Crippen LogP contribution in [0.1, 0.15) is 37.8 Å². The van der Waals surface area contributed by atoms with Crippen molar-refractivity contribution in [1.82, 2.24) is 10.6 Å². The number of amides is 2. The Kier molecular flexibility index (Phi) is 9.58. The fraction of sp³-hybridized carbons (Fsp3) is 0.375. The van der Waals surface area contributed by atoms with Crippen molar-refractivity contribution in [2.75, 3.05) is 6.54 Å². The van der Waals surface area contributed by atoms with Gasteiger partial charge in [-0.2, -0.15) is 0 Å². The van der Waals surface area contributed by atoms with E-state index >= 15 is 0 Å². The predicted molar refractivity (Wildman–Crippen MR) is 116 cm³/mol. The summed E-state index contributed by atoms with van der Waals surface area (Å²) < 4.78 is 5.21. The molecule has 0 aliphatic heterocycles. The number of benzene rings is 2. The van der Waals surface area contributed by atoms with Crippen LogP contribution in [0.2, 0.25) is 0 Å². The van der Waals surface area contributed by atoms with Crippen molar-refractivity contribution in [1.29, 1.82) is 0 Å². The summed E-state index contributed by atoms with van der Waals surface area (Å²) in [6.07, 6.45) is 0.778. The molecule has 0 spiro atoms. The van der Waals surface area contributed by atoms with Gasteiger partial charge in [-0.3, -0.25) is 9.59 Å². The van der Waals surface area contributed by atoms with E-state index in [9.17, 15) is 14.4 Å². The highest BCUT2D eigenvalue weighted by molar-refractivity contribution is 5.90. The molecule has 0 unspecified atom stereocenters. The molecule has 0 heterocycles. The first-order valence-electron chi connectivity index (χ1n) is 10.2. The first kappa shape index (κ1) is 23.1. The van der Waals surface area contributed by atoms with Gasteiger partial charge in [0.2, 0.25) is 5.91 Å². The molecule has 0 aliphatic rings. The molecular formula is C24H30N2O4. The van der Waals surface area contributed by atoms with Crippen molar-refractivity contribution < 1.29 is 19.1 Å². The number of ketones is 1. The Labute approximate surface area is 178 Å². The van der Waals surface area contributed by atoms with E-state index in [-0.39, 0.29) is 30.8 Å². The first-order valence-corrected chi connectivity index (χ1v) is 10.2. The summed E-state index contributed by atoms with van der Waals surface area (Å²) in [6, 6.07) is 18.3. The van der Waals surface area contributed by atoms with Crippen LogP contribution >= 0.6 is 0 Å². The van der Waals surface area contributed by atoms with Crippen LogP contribution in [0.3, 0.4) is 0 Å². The first-order chi connectivity index (χ1) is 14.4. The van der Waals surface area contributed by atoms with E-state index in [2.05, 4.69) is 10.6 Å². The fourth-order valence-electron chi connectivity index (χ4n) is 2.94. The lowest BCUT2D eigenvalue weighted by Gasteiger charge is -2.20. The summed E-state index contributed by atoms with van der Waals surface area (Å²) in [5.41, 5.74) is 1.94. The molecule has 0 aromatic heterocycles. The van der Waals surface area contributed by atoms with E-state index in [0.717, 1.165) is 11.1 Å². The molecule has 6 nitrogen and oxygen atoms in total. The standard InChI is InChI=1S/C24H30N2O4/c1-18(2)15-22(26-24(29)30-17-20-11-7-4-8-12-20)23(28)25-16-21(27)14-13-19-9-5-3-6-10-19/h3-12,18,22H,13-17H2,1-2H3,(H,25,28)(H,26,29)/t22-/m0/s1. The minimum Gasteiger partial charge on any atom is -0.445 e. The Morgan fingerprint density at radius 2 is 1.50 bits per heavy atom. The molecule has 0 fully saturated rings. The van der Waals surface area contributed by atoms with Crippen LogP contribution in [0.25, 0.3) is 0 Å². The van der Waals surface area contributed by atoms with Gasteiger partial charge in [-0.1, -0.05) is 74.5 Å². The Morgan fingerprint density at radius 3 is 2.10 bits per heavy atom. The number of aryl methyl sites for hydroxylation is 1. The summed E-state index contributed by atoms with van der Waals surface area (Å²) in [5.74, 6) is -0.250. The van der Waals surface area contributed by atoms with Gasteiger partial charge in [-0.25, -0.2) is 4.79 Å². The van der Waals surface area contributed by atoms with E-state index in [0.29, 0.717) is 19.3 Å². The summed E-state index contributed by atoms with van der Waals surface area (Å²) in [6.45, 7) is 3.99. The van der Waals surface area contributed by atoms with Gasteiger partial charge in [0, 0.05) is 6.42 Å². The Balaban J connectivity index is 1.78. The lowest BCUT2D eigenvalue weighted by Crippen LogP contribution is -2.48. The van der Waals surface area contributed by atoms with Crippen LogP contribution in [0.5, 0.6) is 0 Å². The van der Waals surface area contributed by atoms with E-state index < -0.39 is 12.1 Å². The minimum atomic E-state index is -0.754. The molecule has 2 N–H and O–H groups in total. The molecule has 2 rings (SSSR count). The van der Waals surface area contributed by atoms with Gasteiger partial charge in [0.25, 0.3) is 0 Å². The summed E-state index contributed by atoms with van der Waals surface area (Å²) >= 11 is 0. The Hall–Kier alpha value is -3.15. The molecule has 160 valence electrons. The van der Waals surface area contributed by atoms with Gasteiger partial charge in [0.05, 0.1) is 6.54 Å². The molecule has 0 saturated heterocycles. The van der Waals surface area contributed by atoms with Crippen LogP contribution in [0, 0.1) is 5.92 Å². The number of carbonyl (C=O) groups is 3. The van der Waals surface area contributed by atoms with E-state index in [1.807, 2.05) is 74.5 Å². The summed E-state index contributed by atoms with van der Waals surface area (Å²) in [7, 11) is 0. The smallest absolute Gasteiger partial charge is 0.408 e. The van der Waals surface area contributed by atoms with Crippen molar-refractivity contribution in [2.24, 2.45) is 5.92 Å². The highest BCUT2D eigenvalue weighted by Crippen LogP contribution is 2.07. The zero-order valence-electron chi connectivity index (χ0n) is 17.6. The van der Waals surface area contributed by atoms with Crippen LogP contribution < -0.4 is 10.6 Å². The summed E-state index contributed by atoms with van der Waals surface area (Å²) in [4.78, 5) is 36.8. The fourth-order valence-corrected chi connectivity index (χ4v) is 2.94. The zero-order valence-corrected chi connectivity index (χ0v) is 17.6. The van der Waals surface area contributed by atoms with Gasteiger partial charge < -0.3 is 15.4 Å². The third kappa shape index (κ3) is 8.90. The zero-order chi connectivity index (χ0) is 21.8. The van der Waals surface area contributed by atoms with Crippen molar-refractivity contribution in [2.45, 2.75) is 45.8 Å². The lowest BCUT2D eigenvalue weighted by molar-refractivity contribution is -0.126. The van der Waals surface area contributed by atoms with Crippen LogP contribution in [-0.4, -0.2) is 30.4 Å².